The molecule has 0 aromatic carbocycles. The van der Waals surface area contributed by atoms with Gasteiger partial charge in [-0.15, -0.1) is 0 Å². The van der Waals surface area contributed by atoms with Gasteiger partial charge in [-0.05, 0) is 37.3 Å². The summed E-state index contributed by atoms with van der Waals surface area (Å²) in [5, 5.41) is 0.806. The lowest BCUT2D eigenvalue weighted by Gasteiger charge is -2.25. The first-order valence-corrected chi connectivity index (χ1v) is 5.19. The van der Waals surface area contributed by atoms with Gasteiger partial charge >= 0.3 is 0 Å². The Balaban J connectivity index is 2.38. The molecule has 0 saturated heterocycles. The fourth-order valence-electron chi connectivity index (χ4n) is 2.23. The number of aromatic nitrogens is 1. The third-order valence-corrected chi connectivity index (χ3v) is 3.28. The van der Waals surface area contributed by atoms with Crippen LogP contribution in [0.25, 0.3) is 0 Å². The number of H-pyrrole nitrogens is 1. The number of halogens is 1. The molecule has 2 unspecified atom stereocenters. The van der Waals surface area contributed by atoms with Crippen LogP contribution in [-0.4, -0.2) is 11.0 Å². The molecule has 0 radical (unpaired) electrons. The maximum absolute atomic E-state index is 6.03. The summed E-state index contributed by atoms with van der Waals surface area (Å²) in [7, 11) is 0. The van der Waals surface area contributed by atoms with E-state index in [1.54, 1.807) is 0 Å². The average Bonchev–Trinajstić information content (AvgIpc) is 2.48. The van der Waals surface area contributed by atoms with Crippen molar-refractivity contribution in [2.75, 3.05) is 0 Å². The molecule has 1 heterocycles. The molecule has 72 valence electrons. The van der Waals surface area contributed by atoms with Crippen LogP contribution in [0, 0.1) is 0 Å². The number of hydrogen-bond donors (Lipinski definition) is 2. The Kier molecular flexibility index (Phi) is 2.35. The van der Waals surface area contributed by atoms with Gasteiger partial charge in [-0.3, -0.25) is 0 Å². The summed E-state index contributed by atoms with van der Waals surface area (Å²) in [6.07, 6.45) is 5.52. The third kappa shape index (κ3) is 1.49. The second kappa shape index (κ2) is 3.35. The van der Waals surface area contributed by atoms with Crippen molar-refractivity contribution in [1.29, 1.82) is 0 Å². The van der Waals surface area contributed by atoms with Crippen LogP contribution < -0.4 is 5.73 Å². The van der Waals surface area contributed by atoms with Crippen LogP contribution in [0.3, 0.4) is 0 Å². The molecule has 2 rings (SSSR count). The predicted octanol–water partition coefficient (Wildman–Crippen LogP) is 2.44. The van der Waals surface area contributed by atoms with Crippen molar-refractivity contribution in [3.8, 4) is 0 Å². The molecule has 1 aliphatic carbocycles. The molecule has 0 aliphatic heterocycles. The SMILES string of the molecule is CC(N)C1CCCc2c1c[nH]c2Cl. The molecule has 1 aromatic heterocycles. The number of nitrogens with two attached hydrogens (primary N) is 1. The fraction of sp³-hybridized carbons (Fsp3) is 0.600. The first-order valence-electron chi connectivity index (χ1n) is 4.81. The minimum Gasteiger partial charge on any atom is -0.352 e. The Morgan fingerprint density at radius 2 is 2.46 bits per heavy atom. The van der Waals surface area contributed by atoms with Crippen molar-refractivity contribution >= 4 is 11.6 Å². The summed E-state index contributed by atoms with van der Waals surface area (Å²) in [5.74, 6) is 0.493. The first-order chi connectivity index (χ1) is 6.20. The van der Waals surface area contributed by atoms with E-state index in [1.807, 2.05) is 6.20 Å². The highest BCUT2D eigenvalue weighted by Crippen LogP contribution is 2.36. The zero-order valence-corrected chi connectivity index (χ0v) is 8.56. The largest absolute Gasteiger partial charge is 0.352 e. The van der Waals surface area contributed by atoms with E-state index in [-0.39, 0.29) is 6.04 Å². The summed E-state index contributed by atoms with van der Waals surface area (Å²) < 4.78 is 0. The quantitative estimate of drug-likeness (QED) is 0.715. The third-order valence-electron chi connectivity index (χ3n) is 2.94. The lowest BCUT2D eigenvalue weighted by atomic mass is 9.82. The van der Waals surface area contributed by atoms with Gasteiger partial charge in [-0.2, -0.15) is 0 Å². The molecule has 13 heavy (non-hydrogen) atoms. The Morgan fingerprint density at radius 3 is 3.15 bits per heavy atom. The molecule has 0 amide bonds. The minimum absolute atomic E-state index is 0.228. The van der Waals surface area contributed by atoms with Crippen LogP contribution in [0.2, 0.25) is 5.15 Å². The Morgan fingerprint density at radius 1 is 1.69 bits per heavy atom. The number of nitrogens with one attached hydrogen (secondary N) is 1. The Bertz CT molecular complexity index is 304. The van der Waals surface area contributed by atoms with Crippen LogP contribution in [-0.2, 0) is 6.42 Å². The molecular weight excluding hydrogens is 184 g/mol. The molecule has 0 bridgehead atoms. The number of rotatable bonds is 1. The molecule has 1 aromatic rings. The molecule has 0 spiro atoms. The van der Waals surface area contributed by atoms with E-state index in [0.29, 0.717) is 5.92 Å². The number of aromatic amines is 1. The van der Waals surface area contributed by atoms with E-state index < -0.39 is 0 Å². The van der Waals surface area contributed by atoms with Gasteiger partial charge in [0.2, 0.25) is 0 Å². The molecule has 1 aliphatic rings. The zero-order valence-electron chi connectivity index (χ0n) is 7.81. The summed E-state index contributed by atoms with van der Waals surface area (Å²) >= 11 is 6.03. The lowest BCUT2D eigenvalue weighted by Crippen LogP contribution is -2.27. The van der Waals surface area contributed by atoms with Gasteiger partial charge in [-0.1, -0.05) is 11.6 Å². The smallest absolute Gasteiger partial charge is 0.109 e. The predicted molar refractivity (Wildman–Crippen MR) is 55.1 cm³/mol. The van der Waals surface area contributed by atoms with Crippen LogP contribution in [0.4, 0.5) is 0 Å². The van der Waals surface area contributed by atoms with Crippen molar-refractivity contribution in [2.24, 2.45) is 5.73 Å². The number of hydrogen-bond acceptors (Lipinski definition) is 1. The van der Waals surface area contributed by atoms with Gasteiger partial charge < -0.3 is 10.7 Å². The van der Waals surface area contributed by atoms with E-state index in [9.17, 15) is 0 Å². The highest BCUT2D eigenvalue weighted by atomic mass is 35.5. The maximum atomic E-state index is 6.03. The minimum atomic E-state index is 0.228. The Labute approximate surface area is 83.5 Å². The second-order valence-electron chi connectivity index (χ2n) is 3.89. The van der Waals surface area contributed by atoms with Crippen molar-refractivity contribution < 1.29 is 0 Å². The molecule has 2 nitrogen and oxygen atoms in total. The van der Waals surface area contributed by atoms with Gasteiger partial charge in [0.25, 0.3) is 0 Å². The van der Waals surface area contributed by atoms with E-state index in [0.717, 1.165) is 11.6 Å². The highest BCUT2D eigenvalue weighted by molar-refractivity contribution is 6.30. The molecule has 3 heteroatoms. The second-order valence-corrected chi connectivity index (χ2v) is 4.27. The van der Waals surface area contributed by atoms with Gasteiger partial charge in [0.05, 0.1) is 0 Å². The van der Waals surface area contributed by atoms with Crippen LogP contribution in [0.15, 0.2) is 6.20 Å². The van der Waals surface area contributed by atoms with Gasteiger partial charge in [0.15, 0.2) is 0 Å². The molecule has 0 saturated carbocycles. The van der Waals surface area contributed by atoms with Crippen molar-refractivity contribution in [3.63, 3.8) is 0 Å². The topological polar surface area (TPSA) is 41.8 Å². The van der Waals surface area contributed by atoms with E-state index >= 15 is 0 Å². The lowest BCUT2D eigenvalue weighted by molar-refractivity contribution is 0.487. The summed E-state index contributed by atoms with van der Waals surface area (Å²) in [4.78, 5) is 3.07. The summed E-state index contributed by atoms with van der Waals surface area (Å²) in [5.41, 5.74) is 8.56. The van der Waals surface area contributed by atoms with Crippen LogP contribution in [0.5, 0.6) is 0 Å². The van der Waals surface area contributed by atoms with E-state index in [4.69, 9.17) is 17.3 Å². The monoisotopic (exact) mass is 198 g/mol. The van der Waals surface area contributed by atoms with Crippen molar-refractivity contribution in [2.45, 2.75) is 38.1 Å². The van der Waals surface area contributed by atoms with E-state index in [1.165, 1.54) is 24.0 Å². The average molecular weight is 199 g/mol. The Hall–Kier alpha value is -0.470. The zero-order chi connectivity index (χ0) is 9.42. The molecule has 3 N–H and O–H groups in total. The first kappa shape index (κ1) is 9.10. The van der Waals surface area contributed by atoms with Gasteiger partial charge in [0.1, 0.15) is 5.15 Å². The normalized spacial score (nSPS) is 24.1. The summed E-state index contributed by atoms with van der Waals surface area (Å²) in [6, 6.07) is 0.228. The molecule has 2 atom stereocenters. The van der Waals surface area contributed by atoms with Crippen molar-refractivity contribution in [1.82, 2.24) is 4.98 Å². The highest BCUT2D eigenvalue weighted by Gasteiger charge is 2.25. The summed E-state index contributed by atoms with van der Waals surface area (Å²) in [6.45, 7) is 2.07. The van der Waals surface area contributed by atoms with Crippen molar-refractivity contribution in [3.05, 3.63) is 22.5 Å². The standard InChI is InChI=1S/C10H15ClN2/c1-6(12)7-3-2-4-8-9(7)5-13-10(8)11/h5-7,13H,2-4,12H2,1H3. The van der Waals surface area contributed by atoms with Crippen LogP contribution >= 0.6 is 11.6 Å². The molecular formula is C10H15ClN2. The molecule has 0 fully saturated rings. The van der Waals surface area contributed by atoms with E-state index in [2.05, 4.69) is 11.9 Å². The van der Waals surface area contributed by atoms with Gasteiger partial charge in [-0.25, -0.2) is 0 Å². The number of fused-ring (bicyclic) bond motifs is 1. The maximum Gasteiger partial charge on any atom is 0.109 e. The fourth-order valence-corrected chi connectivity index (χ4v) is 2.49. The van der Waals surface area contributed by atoms with Crippen LogP contribution in [0.1, 0.15) is 36.8 Å². The van der Waals surface area contributed by atoms with Gasteiger partial charge in [0, 0.05) is 18.2 Å².